The van der Waals surface area contributed by atoms with Crippen molar-refractivity contribution in [2.24, 2.45) is 5.73 Å². The number of nitrogens with two attached hydrogens (primary N) is 1. The van der Waals surface area contributed by atoms with E-state index < -0.39 is 0 Å². The van der Waals surface area contributed by atoms with Gasteiger partial charge in [0.1, 0.15) is 0 Å². The minimum Gasteiger partial charge on any atom is -0.377 e. The van der Waals surface area contributed by atoms with Gasteiger partial charge in [-0.25, -0.2) is 0 Å². The first kappa shape index (κ1) is 8.94. The summed E-state index contributed by atoms with van der Waals surface area (Å²) in [4.78, 5) is 0. The fourth-order valence-corrected chi connectivity index (χ4v) is 1.52. The molecule has 11 heavy (non-hydrogen) atoms. The predicted molar refractivity (Wildman–Crippen MR) is 42.2 cm³/mol. The summed E-state index contributed by atoms with van der Waals surface area (Å²) >= 11 is 0. The Morgan fingerprint density at radius 3 is 2.91 bits per heavy atom. The maximum absolute atomic E-state index is 11.8. The van der Waals surface area contributed by atoms with Crippen molar-refractivity contribution in [2.45, 2.75) is 37.8 Å². The second-order valence-corrected chi connectivity index (χ2v) is 3.29. The molecule has 0 amide bonds. The molecule has 0 bridgehead atoms. The first-order valence-electron chi connectivity index (χ1n) is 4.15. The Balaban J connectivity index is 2.38. The topological polar surface area (TPSA) is 35.2 Å². The van der Waals surface area contributed by atoms with Crippen molar-refractivity contribution in [1.29, 1.82) is 0 Å². The van der Waals surface area contributed by atoms with Crippen LogP contribution in [0.25, 0.3) is 0 Å². The number of alkyl halides is 1. The van der Waals surface area contributed by atoms with Crippen LogP contribution >= 0.6 is 0 Å². The van der Waals surface area contributed by atoms with Gasteiger partial charge in [0.05, 0.1) is 12.8 Å². The number of ether oxygens (including phenoxy) is 1. The Hall–Kier alpha value is -0.150. The molecule has 1 saturated heterocycles. The van der Waals surface area contributed by atoms with Crippen molar-refractivity contribution < 1.29 is 9.13 Å². The normalized spacial score (nSPS) is 37.9. The van der Waals surface area contributed by atoms with E-state index in [2.05, 4.69) is 0 Å². The highest BCUT2D eigenvalue weighted by molar-refractivity contribution is 4.93. The van der Waals surface area contributed by atoms with Gasteiger partial charge in [0.15, 0.2) is 0 Å². The van der Waals surface area contributed by atoms with Gasteiger partial charge in [-0.05, 0) is 26.2 Å². The van der Waals surface area contributed by atoms with Gasteiger partial charge in [-0.1, -0.05) is 0 Å². The zero-order valence-electron chi connectivity index (χ0n) is 6.98. The van der Waals surface area contributed by atoms with E-state index in [1.54, 1.807) is 0 Å². The Morgan fingerprint density at radius 1 is 1.73 bits per heavy atom. The molecule has 0 aromatic rings. The molecule has 0 radical (unpaired) electrons. The van der Waals surface area contributed by atoms with E-state index in [0.717, 1.165) is 19.4 Å². The molecule has 3 heteroatoms. The van der Waals surface area contributed by atoms with E-state index in [-0.39, 0.29) is 18.3 Å². The largest absolute Gasteiger partial charge is 0.377 e. The lowest BCUT2D eigenvalue weighted by Gasteiger charge is -2.26. The monoisotopic (exact) mass is 161 g/mol. The summed E-state index contributed by atoms with van der Waals surface area (Å²) in [7, 11) is 0. The molecule has 1 rings (SSSR count). The van der Waals surface area contributed by atoms with E-state index in [1.807, 2.05) is 6.92 Å². The Bertz CT molecular complexity index is 131. The summed E-state index contributed by atoms with van der Waals surface area (Å²) in [6, 6.07) is 0. The van der Waals surface area contributed by atoms with E-state index >= 15 is 0 Å². The van der Waals surface area contributed by atoms with Crippen molar-refractivity contribution in [3.8, 4) is 0 Å². The van der Waals surface area contributed by atoms with Gasteiger partial charge in [-0.3, -0.25) is 4.39 Å². The summed E-state index contributed by atoms with van der Waals surface area (Å²) in [5, 5.41) is 0. The molecule has 1 aliphatic rings. The van der Waals surface area contributed by atoms with Crippen LogP contribution in [0.15, 0.2) is 0 Å². The van der Waals surface area contributed by atoms with E-state index in [9.17, 15) is 4.39 Å². The van der Waals surface area contributed by atoms with Crippen LogP contribution in [0, 0.1) is 0 Å². The molecule has 2 N–H and O–H groups in total. The van der Waals surface area contributed by atoms with Crippen molar-refractivity contribution >= 4 is 0 Å². The molecule has 1 fully saturated rings. The van der Waals surface area contributed by atoms with Crippen LogP contribution in [0.2, 0.25) is 0 Å². The SMILES string of the molecule is CC1OCCC1(N)CCCF. The molecule has 0 spiro atoms. The third kappa shape index (κ3) is 1.91. The Kier molecular flexibility index (Phi) is 2.84. The van der Waals surface area contributed by atoms with Crippen molar-refractivity contribution in [3.63, 3.8) is 0 Å². The highest BCUT2D eigenvalue weighted by Gasteiger charge is 2.36. The average Bonchev–Trinajstić information content (AvgIpc) is 2.30. The summed E-state index contributed by atoms with van der Waals surface area (Å²) in [6.07, 6.45) is 2.26. The van der Waals surface area contributed by atoms with Crippen LogP contribution in [0.3, 0.4) is 0 Å². The third-order valence-corrected chi connectivity index (χ3v) is 2.52. The number of halogens is 1. The number of hydrogen-bond donors (Lipinski definition) is 1. The van der Waals surface area contributed by atoms with Gasteiger partial charge < -0.3 is 10.5 Å². The smallest absolute Gasteiger partial charge is 0.0895 e. The van der Waals surface area contributed by atoms with Crippen LogP contribution in [-0.4, -0.2) is 24.9 Å². The lowest BCUT2D eigenvalue weighted by atomic mass is 9.88. The Morgan fingerprint density at radius 2 is 2.45 bits per heavy atom. The second kappa shape index (κ2) is 3.50. The second-order valence-electron chi connectivity index (χ2n) is 3.29. The van der Waals surface area contributed by atoms with Gasteiger partial charge in [-0.15, -0.1) is 0 Å². The van der Waals surface area contributed by atoms with Crippen molar-refractivity contribution in [1.82, 2.24) is 0 Å². The van der Waals surface area contributed by atoms with Crippen molar-refractivity contribution in [3.05, 3.63) is 0 Å². The molecule has 66 valence electrons. The number of rotatable bonds is 3. The highest BCUT2D eigenvalue weighted by atomic mass is 19.1. The molecule has 1 aliphatic heterocycles. The van der Waals surface area contributed by atoms with Gasteiger partial charge >= 0.3 is 0 Å². The minimum atomic E-state index is -0.272. The third-order valence-electron chi connectivity index (χ3n) is 2.52. The minimum absolute atomic E-state index is 0.0917. The van der Waals surface area contributed by atoms with Crippen LogP contribution in [0.4, 0.5) is 4.39 Å². The van der Waals surface area contributed by atoms with Gasteiger partial charge in [0, 0.05) is 12.1 Å². The lowest BCUT2D eigenvalue weighted by molar-refractivity contribution is 0.0916. The summed E-state index contributed by atoms with van der Waals surface area (Å²) in [5.41, 5.74) is 5.74. The molecular formula is C8H16FNO. The molecule has 2 nitrogen and oxygen atoms in total. The first-order valence-corrected chi connectivity index (χ1v) is 4.15. The maximum atomic E-state index is 11.8. The molecule has 0 saturated carbocycles. The first-order chi connectivity index (χ1) is 5.19. The fourth-order valence-electron chi connectivity index (χ4n) is 1.52. The van der Waals surface area contributed by atoms with Crippen LogP contribution < -0.4 is 5.73 Å². The maximum Gasteiger partial charge on any atom is 0.0895 e. The van der Waals surface area contributed by atoms with Gasteiger partial charge in [0.2, 0.25) is 0 Å². The zero-order chi connectivity index (χ0) is 8.32. The molecule has 1 heterocycles. The number of hydrogen-bond acceptors (Lipinski definition) is 2. The van der Waals surface area contributed by atoms with Crippen molar-refractivity contribution in [2.75, 3.05) is 13.3 Å². The molecular weight excluding hydrogens is 145 g/mol. The molecule has 0 aliphatic carbocycles. The molecule has 2 atom stereocenters. The van der Waals surface area contributed by atoms with Crippen LogP contribution in [0.1, 0.15) is 26.2 Å². The quantitative estimate of drug-likeness (QED) is 0.676. The molecule has 0 aromatic heterocycles. The molecule has 0 aromatic carbocycles. The summed E-state index contributed by atoms with van der Waals surface area (Å²) in [5.74, 6) is 0. The van der Waals surface area contributed by atoms with Gasteiger partial charge in [0.25, 0.3) is 0 Å². The Labute approximate surface area is 66.9 Å². The van der Waals surface area contributed by atoms with Crippen LogP contribution in [0.5, 0.6) is 0 Å². The van der Waals surface area contributed by atoms with E-state index in [0.29, 0.717) is 6.42 Å². The highest BCUT2D eigenvalue weighted by Crippen LogP contribution is 2.27. The van der Waals surface area contributed by atoms with Crippen LogP contribution in [-0.2, 0) is 4.74 Å². The van der Waals surface area contributed by atoms with E-state index in [1.165, 1.54) is 0 Å². The summed E-state index contributed by atoms with van der Waals surface area (Å²) < 4.78 is 17.2. The lowest BCUT2D eigenvalue weighted by Crippen LogP contribution is -2.45. The van der Waals surface area contributed by atoms with Gasteiger partial charge in [-0.2, -0.15) is 0 Å². The predicted octanol–water partition coefficient (Wildman–Crippen LogP) is 1.24. The summed E-state index contributed by atoms with van der Waals surface area (Å²) in [6.45, 7) is 2.42. The standard InChI is InChI=1S/C8H16FNO/c1-7-8(10,3-2-5-9)4-6-11-7/h7H,2-6,10H2,1H3. The fraction of sp³-hybridized carbons (Fsp3) is 1.00. The molecule has 2 unspecified atom stereocenters. The zero-order valence-corrected chi connectivity index (χ0v) is 6.98. The van der Waals surface area contributed by atoms with E-state index in [4.69, 9.17) is 10.5 Å². The average molecular weight is 161 g/mol.